The smallest absolute Gasteiger partial charge is 0.229 e. The summed E-state index contributed by atoms with van der Waals surface area (Å²) >= 11 is 0. The Balaban J connectivity index is 2.04. The van der Waals surface area contributed by atoms with Crippen LogP contribution in [0.4, 0.5) is 5.69 Å². The zero-order valence-corrected chi connectivity index (χ0v) is 10.5. The number of hydrogen-bond donors (Lipinski definition) is 2. The van der Waals surface area contributed by atoms with Gasteiger partial charge in [-0.1, -0.05) is 31.5 Å². The number of benzene rings is 1. The van der Waals surface area contributed by atoms with Gasteiger partial charge in [-0.25, -0.2) is 0 Å². The molecule has 2 amide bonds. The normalized spacial score (nSPS) is 18.5. The quantitative estimate of drug-likeness (QED) is 0.849. The minimum absolute atomic E-state index is 0.0445. The second-order valence-corrected chi connectivity index (χ2v) is 4.60. The van der Waals surface area contributed by atoms with Crippen molar-refractivity contribution in [3.63, 3.8) is 0 Å². The number of para-hydroxylation sites is 1. The fraction of sp³-hybridized carbons (Fsp3) is 0.429. The Bertz CT molecular complexity index is 457. The molecule has 0 saturated carbocycles. The largest absolute Gasteiger partial charge is 0.355 e. The van der Waals surface area contributed by atoms with Gasteiger partial charge >= 0.3 is 0 Å². The van der Waals surface area contributed by atoms with Crippen LogP contribution in [0.3, 0.4) is 0 Å². The minimum atomic E-state index is -0.243. The van der Waals surface area contributed by atoms with Crippen molar-refractivity contribution in [2.75, 3.05) is 11.9 Å². The molecule has 0 aliphatic carbocycles. The molecular weight excluding hydrogens is 228 g/mol. The SMILES string of the molecule is CCCc1ccccc1NC(=O)C1CNC(=O)C1. The topological polar surface area (TPSA) is 58.2 Å². The van der Waals surface area contributed by atoms with E-state index in [9.17, 15) is 9.59 Å². The van der Waals surface area contributed by atoms with E-state index in [2.05, 4.69) is 17.6 Å². The van der Waals surface area contributed by atoms with Crippen LogP contribution >= 0.6 is 0 Å². The molecule has 2 N–H and O–H groups in total. The Morgan fingerprint density at radius 2 is 2.22 bits per heavy atom. The Labute approximate surface area is 107 Å². The summed E-state index contributed by atoms with van der Waals surface area (Å²) in [5.74, 6) is -0.360. The van der Waals surface area contributed by atoms with Gasteiger partial charge in [-0.15, -0.1) is 0 Å². The zero-order chi connectivity index (χ0) is 13.0. The fourth-order valence-corrected chi connectivity index (χ4v) is 2.15. The lowest BCUT2D eigenvalue weighted by atomic mass is 10.1. The summed E-state index contributed by atoms with van der Waals surface area (Å²) in [6.45, 7) is 2.55. The van der Waals surface area contributed by atoms with Crippen LogP contribution in [0.25, 0.3) is 0 Å². The van der Waals surface area contributed by atoms with Crippen molar-refractivity contribution in [3.8, 4) is 0 Å². The Hall–Kier alpha value is -1.84. The molecule has 0 aromatic heterocycles. The summed E-state index contributed by atoms with van der Waals surface area (Å²) in [7, 11) is 0. The van der Waals surface area contributed by atoms with Crippen molar-refractivity contribution in [2.24, 2.45) is 5.92 Å². The highest BCUT2D eigenvalue weighted by Gasteiger charge is 2.28. The zero-order valence-electron chi connectivity index (χ0n) is 10.5. The van der Waals surface area contributed by atoms with Crippen LogP contribution in [0.15, 0.2) is 24.3 Å². The van der Waals surface area contributed by atoms with Gasteiger partial charge in [-0.3, -0.25) is 9.59 Å². The molecule has 18 heavy (non-hydrogen) atoms. The minimum Gasteiger partial charge on any atom is -0.355 e. The third kappa shape index (κ3) is 2.88. The van der Waals surface area contributed by atoms with E-state index < -0.39 is 0 Å². The highest BCUT2D eigenvalue weighted by Crippen LogP contribution is 2.19. The van der Waals surface area contributed by atoms with Gasteiger partial charge in [0.05, 0.1) is 5.92 Å². The number of rotatable bonds is 4. The Morgan fingerprint density at radius 1 is 1.44 bits per heavy atom. The molecule has 1 atom stereocenters. The fourth-order valence-electron chi connectivity index (χ4n) is 2.15. The van der Waals surface area contributed by atoms with Crippen LogP contribution in [-0.4, -0.2) is 18.4 Å². The summed E-state index contributed by atoms with van der Waals surface area (Å²) in [4.78, 5) is 23.1. The molecule has 96 valence electrons. The third-order valence-electron chi connectivity index (χ3n) is 3.14. The molecule has 0 spiro atoms. The molecule has 4 heteroatoms. The van der Waals surface area contributed by atoms with E-state index in [1.54, 1.807) is 0 Å². The van der Waals surface area contributed by atoms with Crippen LogP contribution in [-0.2, 0) is 16.0 Å². The van der Waals surface area contributed by atoms with Crippen LogP contribution in [0, 0.1) is 5.92 Å². The Kier molecular flexibility index (Phi) is 3.97. The summed E-state index contributed by atoms with van der Waals surface area (Å²) in [6, 6.07) is 7.82. The van der Waals surface area contributed by atoms with Gasteiger partial charge in [-0.2, -0.15) is 0 Å². The molecular formula is C14H18N2O2. The average molecular weight is 246 g/mol. The third-order valence-corrected chi connectivity index (χ3v) is 3.14. The maximum Gasteiger partial charge on any atom is 0.229 e. The number of nitrogens with one attached hydrogen (secondary N) is 2. The van der Waals surface area contributed by atoms with Crippen molar-refractivity contribution < 1.29 is 9.59 Å². The van der Waals surface area contributed by atoms with E-state index >= 15 is 0 Å². The number of carbonyl (C=O) groups is 2. The highest BCUT2D eigenvalue weighted by atomic mass is 16.2. The molecule has 1 aromatic carbocycles. The summed E-state index contributed by atoms with van der Waals surface area (Å²) in [5.41, 5.74) is 2.01. The van der Waals surface area contributed by atoms with Crippen molar-refractivity contribution in [1.82, 2.24) is 5.32 Å². The molecule has 4 nitrogen and oxygen atoms in total. The maximum atomic E-state index is 12.0. The van der Waals surface area contributed by atoms with Crippen LogP contribution in [0.5, 0.6) is 0 Å². The highest BCUT2D eigenvalue weighted by molar-refractivity contribution is 5.97. The van der Waals surface area contributed by atoms with E-state index in [0.717, 1.165) is 24.1 Å². The average Bonchev–Trinajstić information content (AvgIpc) is 2.79. The Morgan fingerprint density at radius 3 is 2.89 bits per heavy atom. The number of carbonyl (C=O) groups excluding carboxylic acids is 2. The number of anilines is 1. The predicted molar refractivity (Wildman–Crippen MR) is 70.2 cm³/mol. The molecule has 1 aliphatic heterocycles. The first kappa shape index (κ1) is 12.6. The van der Waals surface area contributed by atoms with Gasteiger partial charge in [-0.05, 0) is 18.1 Å². The standard InChI is InChI=1S/C14H18N2O2/c1-2-5-10-6-3-4-7-12(10)16-14(18)11-8-13(17)15-9-11/h3-4,6-7,11H,2,5,8-9H2,1H3,(H,15,17)(H,16,18). The predicted octanol–water partition coefficient (Wildman–Crippen LogP) is 1.71. The molecule has 2 rings (SSSR count). The second-order valence-electron chi connectivity index (χ2n) is 4.60. The van der Waals surface area contributed by atoms with Crippen molar-refractivity contribution in [2.45, 2.75) is 26.2 Å². The second kappa shape index (κ2) is 5.67. The van der Waals surface area contributed by atoms with Gasteiger partial charge < -0.3 is 10.6 Å². The molecule has 1 heterocycles. The first-order chi connectivity index (χ1) is 8.70. The van der Waals surface area contributed by atoms with E-state index in [1.807, 2.05) is 24.3 Å². The summed E-state index contributed by atoms with van der Waals surface area (Å²) in [6.07, 6.45) is 2.27. The molecule has 0 radical (unpaired) electrons. The summed E-state index contributed by atoms with van der Waals surface area (Å²) < 4.78 is 0. The number of aryl methyl sites for hydroxylation is 1. The number of amides is 2. The van der Waals surface area contributed by atoms with Gasteiger partial charge in [0.25, 0.3) is 0 Å². The first-order valence-corrected chi connectivity index (χ1v) is 6.36. The molecule has 1 fully saturated rings. The van der Waals surface area contributed by atoms with Crippen molar-refractivity contribution in [1.29, 1.82) is 0 Å². The van der Waals surface area contributed by atoms with Gasteiger partial charge in [0, 0.05) is 18.7 Å². The van der Waals surface area contributed by atoms with Gasteiger partial charge in [0.1, 0.15) is 0 Å². The maximum absolute atomic E-state index is 12.0. The molecule has 1 aliphatic rings. The lowest BCUT2D eigenvalue weighted by Gasteiger charge is -2.12. The van der Waals surface area contributed by atoms with Crippen molar-refractivity contribution >= 4 is 17.5 Å². The monoisotopic (exact) mass is 246 g/mol. The van der Waals surface area contributed by atoms with Crippen LogP contribution in [0.1, 0.15) is 25.3 Å². The molecule has 0 bridgehead atoms. The van der Waals surface area contributed by atoms with E-state index in [-0.39, 0.29) is 17.7 Å². The first-order valence-electron chi connectivity index (χ1n) is 6.36. The van der Waals surface area contributed by atoms with Crippen LogP contribution in [0.2, 0.25) is 0 Å². The molecule has 1 saturated heterocycles. The van der Waals surface area contributed by atoms with Crippen LogP contribution < -0.4 is 10.6 Å². The van der Waals surface area contributed by atoms with Gasteiger partial charge in [0.2, 0.25) is 11.8 Å². The summed E-state index contributed by atoms with van der Waals surface area (Å²) in [5, 5.41) is 5.60. The van der Waals surface area contributed by atoms with E-state index in [1.165, 1.54) is 0 Å². The van der Waals surface area contributed by atoms with Crippen molar-refractivity contribution in [3.05, 3.63) is 29.8 Å². The lowest BCUT2D eigenvalue weighted by molar-refractivity contribution is -0.123. The lowest BCUT2D eigenvalue weighted by Crippen LogP contribution is -2.25. The van der Waals surface area contributed by atoms with E-state index in [4.69, 9.17) is 0 Å². The van der Waals surface area contributed by atoms with Gasteiger partial charge in [0.15, 0.2) is 0 Å². The molecule has 1 aromatic rings. The molecule has 1 unspecified atom stereocenters. The number of hydrogen-bond acceptors (Lipinski definition) is 2. The van der Waals surface area contributed by atoms with E-state index in [0.29, 0.717) is 13.0 Å².